The van der Waals surface area contributed by atoms with E-state index in [2.05, 4.69) is 27.0 Å². The summed E-state index contributed by atoms with van der Waals surface area (Å²) in [6.45, 7) is 7.61. The number of esters is 1. The van der Waals surface area contributed by atoms with Crippen LogP contribution in [0.2, 0.25) is 0 Å². The molecule has 0 bridgehead atoms. The van der Waals surface area contributed by atoms with Crippen molar-refractivity contribution in [3.05, 3.63) is 102 Å². The number of hydrogen-bond donors (Lipinski definition) is 2. The lowest BCUT2D eigenvalue weighted by Gasteiger charge is -2.12. The highest BCUT2D eigenvalue weighted by Crippen LogP contribution is 2.30. The maximum Gasteiger partial charge on any atom is 0.340 e. The topological polar surface area (TPSA) is 102 Å². The Morgan fingerprint density at radius 1 is 1.22 bits per heavy atom. The van der Waals surface area contributed by atoms with Crippen LogP contribution in [-0.2, 0) is 16.1 Å². The molecule has 8 nitrogen and oxygen atoms in total. The van der Waals surface area contributed by atoms with Gasteiger partial charge in [0.05, 0.1) is 36.1 Å². The van der Waals surface area contributed by atoms with Gasteiger partial charge in [-0.15, -0.1) is 0 Å². The molecule has 9 heteroatoms. The number of aromatic hydroxyl groups is 1. The van der Waals surface area contributed by atoms with Crippen molar-refractivity contribution in [2.75, 3.05) is 11.9 Å². The van der Waals surface area contributed by atoms with Crippen molar-refractivity contribution in [2.45, 2.75) is 20.4 Å². The minimum atomic E-state index is -0.565. The summed E-state index contributed by atoms with van der Waals surface area (Å²) in [7, 11) is 0. The Morgan fingerprint density at radius 3 is 2.70 bits per heavy atom. The number of aromatic nitrogens is 4. The number of rotatable bonds is 9. The number of para-hydroxylation sites is 1. The molecule has 188 valence electrons. The summed E-state index contributed by atoms with van der Waals surface area (Å²) in [5, 5.41) is 18.9. The molecule has 37 heavy (non-hydrogen) atoms. The number of anilines is 1. The van der Waals surface area contributed by atoms with Crippen LogP contribution in [0.25, 0.3) is 22.4 Å². The second kappa shape index (κ2) is 11.3. The second-order valence-corrected chi connectivity index (χ2v) is 7.92. The number of halogens is 1. The first-order chi connectivity index (χ1) is 18.0. The maximum atomic E-state index is 14.3. The molecular weight excluding hydrogens is 473 g/mol. The molecule has 0 unspecified atom stereocenters. The number of carbonyl (C=O) groups is 1. The number of benzene rings is 2. The molecule has 0 fully saturated rings. The van der Waals surface area contributed by atoms with Crippen LogP contribution in [0.1, 0.15) is 19.4 Å². The SMILES string of the molecule is C=C/C(C(=O)OCC)=C(\C=C/C)Nc1nc(-c2nn(Cc3ccccc3F)c3ccccc23)ncc1O. The lowest BCUT2D eigenvalue weighted by atomic mass is 10.1. The van der Waals surface area contributed by atoms with Gasteiger partial charge >= 0.3 is 5.97 Å². The molecule has 2 N–H and O–H groups in total. The zero-order valence-electron chi connectivity index (χ0n) is 20.5. The molecule has 0 spiro atoms. The van der Waals surface area contributed by atoms with Crippen LogP contribution in [-0.4, -0.2) is 37.4 Å². The van der Waals surface area contributed by atoms with Crippen LogP contribution in [0.15, 0.2) is 90.8 Å². The zero-order chi connectivity index (χ0) is 26.4. The van der Waals surface area contributed by atoms with E-state index in [0.717, 1.165) is 10.9 Å². The number of hydrogen-bond acceptors (Lipinski definition) is 7. The van der Waals surface area contributed by atoms with Crippen LogP contribution in [0.4, 0.5) is 10.2 Å². The molecule has 0 aliphatic carbocycles. The van der Waals surface area contributed by atoms with E-state index in [9.17, 15) is 14.3 Å². The van der Waals surface area contributed by atoms with Gasteiger partial charge in [-0.05, 0) is 32.1 Å². The smallest absolute Gasteiger partial charge is 0.340 e. The zero-order valence-corrected chi connectivity index (χ0v) is 20.5. The van der Waals surface area contributed by atoms with Gasteiger partial charge in [-0.3, -0.25) is 4.68 Å². The fourth-order valence-electron chi connectivity index (χ4n) is 3.79. The Bertz CT molecular complexity index is 1520. The third-order valence-corrected chi connectivity index (χ3v) is 5.49. The summed E-state index contributed by atoms with van der Waals surface area (Å²) in [5.41, 5.74) is 2.25. The van der Waals surface area contributed by atoms with E-state index >= 15 is 0 Å². The van der Waals surface area contributed by atoms with Gasteiger partial charge in [0.2, 0.25) is 0 Å². The average Bonchev–Trinajstić information content (AvgIpc) is 3.26. The molecule has 0 saturated heterocycles. The Labute approximate surface area is 213 Å². The van der Waals surface area contributed by atoms with Crippen LogP contribution < -0.4 is 5.32 Å². The fraction of sp³-hybridized carbons (Fsp3) is 0.143. The van der Waals surface area contributed by atoms with E-state index in [1.807, 2.05) is 24.3 Å². The third-order valence-electron chi connectivity index (χ3n) is 5.49. The monoisotopic (exact) mass is 499 g/mol. The molecular formula is C28H26FN5O3. The number of nitrogens with zero attached hydrogens (tertiary/aromatic N) is 4. The van der Waals surface area contributed by atoms with Crippen molar-refractivity contribution in [1.29, 1.82) is 0 Å². The molecule has 0 aliphatic rings. The minimum Gasteiger partial charge on any atom is -0.503 e. The Morgan fingerprint density at radius 2 is 1.97 bits per heavy atom. The highest BCUT2D eigenvalue weighted by molar-refractivity contribution is 5.94. The van der Waals surface area contributed by atoms with Crippen molar-refractivity contribution in [3.8, 4) is 17.3 Å². The van der Waals surface area contributed by atoms with E-state index in [0.29, 0.717) is 17.0 Å². The van der Waals surface area contributed by atoms with Crippen molar-refractivity contribution in [2.24, 2.45) is 0 Å². The molecule has 0 aliphatic heterocycles. The van der Waals surface area contributed by atoms with Gasteiger partial charge in [-0.25, -0.2) is 19.2 Å². The van der Waals surface area contributed by atoms with Crippen molar-refractivity contribution < 1.29 is 19.0 Å². The molecule has 2 aromatic heterocycles. The van der Waals surface area contributed by atoms with E-state index < -0.39 is 5.97 Å². The van der Waals surface area contributed by atoms with E-state index in [1.165, 1.54) is 18.3 Å². The Kier molecular flexibility index (Phi) is 7.73. The van der Waals surface area contributed by atoms with Crippen LogP contribution in [0.3, 0.4) is 0 Å². The third kappa shape index (κ3) is 5.40. The van der Waals surface area contributed by atoms with Gasteiger partial charge in [-0.2, -0.15) is 5.10 Å². The first-order valence-electron chi connectivity index (χ1n) is 11.7. The van der Waals surface area contributed by atoms with E-state index in [-0.39, 0.29) is 41.9 Å². The molecule has 4 rings (SSSR count). The second-order valence-electron chi connectivity index (χ2n) is 7.92. The molecule has 0 saturated carbocycles. The highest BCUT2D eigenvalue weighted by atomic mass is 19.1. The number of fused-ring (bicyclic) bond motifs is 1. The van der Waals surface area contributed by atoms with Gasteiger partial charge in [0.1, 0.15) is 11.5 Å². The summed E-state index contributed by atoms with van der Waals surface area (Å²) in [6.07, 6.45) is 5.99. The normalized spacial score (nSPS) is 12.0. The molecule has 2 aromatic carbocycles. The molecule has 0 radical (unpaired) electrons. The minimum absolute atomic E-state index is 0.0643. The van der Waals surface area contributed by atoms with E-state index in [1.54, 1.807) is 48.9 Å². The standard InChI is InChI=1S/C28H26FN5O3/c1-4-11-22(19(5-2)28(36)37-6-3)31-26-24(35)16-30-27(32-26)25-20-13-8-10-15-23(20)34(33-25)17-18-12-7-9-14-21(18)29/h4-5,7-16,35H,2,6,17H2,1,3H3,(H,30,31,32)/b11-4-,22-19-. The predicted molar refractivity (Wildman–Crippen MR) is 140 cm³/mol. The predicted octanol–water partition coefficient (Wildman–Crippen LogP) is 5.38. The molecule has 4 aromatic rings. The molecule has 0 amide bonds. The molecule has 2 heterocycles. The summed E-state index contributed by atoms with van der Waals surface area (Å²) in [6, 6.07) is 14.0. The first-order valence-corrected chi connectivity index (χ1v) is 11.7. The number of allylic oxidation sites excluding steroid dienone is 2. The largest absolute Gasteiger partial charge is 0.503 e. The summed E-state index contributed by atoms with van der Waals surface area (Å²) >= 11 is 0. The number of carbonyl (C=O) groups excluding carboxylic acids is 1. The fourth-order valence-corrected chi connectivity index (χ4v) is 3.79. The van der Waals surface area contributed by atoms with Gasteiger partial charge in [-0.1, -0.05) is 55.1 Å². The van der Waals surface area contributed by atoms with Crippen molar-refractivity contribution in [3.63, 3.8) is 0 Å². The van der Waals surface area contributed by atoms with Gasteiger partial charge < -0.3 is 15.2 Å². The maximum absolute atomic E-state index is 14.3. The van der Waals surface area contributed by atoms with Gasteiger partial charge in [0.25, 0.3) is 0 Å². The number of nitrogens with one attached hydrogen (secondary N) is 1. The van der Waals surface area contributed by atoms with Crippen molar-refractivity contribution >= 4 is 22.7 Å². The highest BCUT2D eigenvalue weighted by Gasteiger charge is 2.19. The average molecular weight is 500 g/mol. The van der Waals surface area contributed by atoms with Gasteiger partial charge in [0, 0.05) is 10.9 Å². The van der Waals surface area contributed by atoms with Crippen LogP contribution in [0.5, 0.6) is 5.75 Å². The quantitative estimate of drug-likeness (QED) is 0.181. The van der Waals surface area contributed by atoms with Crippen LogP contribution in [0, 0.1) is 5.82 Å². The van der Waals surface area contributed by atoms with Gasteiger partial charge in [0.15, 0.2) is 17.4 Å². The number of ether oxygens (including phenoxy) is 1. The molecule has 0 atom stereocenters. The lowest BCUT2D eigenvalue weighted by Crippen LogP contribution is -2.12. The Balaban J connectivity index is 1.78. The summed E-state index contributed by atoms with van der Waals surface area (Å²) in [5.74, 6) is -0.814. The van der Waals surface area contributed by atoms with Crippen LogP contribution >= 0.6 is 0 Å². The first kappa shape index (κ1) is 25.3. The lowest BCUT2D eigenvalue weighted by molar-refractivity contribution is -0.138. The summed E-state index contributed by atoms with van der Waals surface area (Å²) in [4.78, 5) is 21.2. The summed E-state index contributed by atoms with van der Waals surface area (Å²) < 4.78 is 21.1. The Hall–Kier alpha value is -4.79. The van der Waals surface area contributed by atoms with E-state index in [4.69, 9.17) is 4.74 Å². The van der Waals surface area contributed by atoms with Crippen molar-refractivity contribution in [1.82, 2.24) is 19.7 Å².